The normalized spacial score (nSPS) is 31.4. The van der Waals surface area contributed by atoms with Crippen molar-refractivity contribution >= 4 is 11.6 Å². The average molecular weight is 283 g/mol. The molecule has 104 valence electrons. The Hall–Kier alpha value is -0.640. The standard InChI is InChI=1S/C15H20ClFN2/c16-14-6-10(4-5-15(14)17)9-19-12-2-1-3-13(19)8-11(18)7-12/h4-6,11-13H,1-3,7-9,18H2. The van der Waals surface area contributed by atoms with Gasteiger partial charge in [-0.1, -0.05) is 24.1 Å². The fourth-order valence-electron chi connectivity index (χ4n) is 3.63. The van der Waals surface area contributed by atoms with Gasteiger partial charge >= 0.3 is 0 Å². The second kappa shape index (κ2) is 5.39. The predicted octanol–water partition coefficient (Wildman–Crippen LogP) is 3.32. The van der Waals surface area contributed by atoms with Gasteiger partial charge in [-0.15, -0.1) is 0 Å². The Bertz CT molecular complexity index is 451. The molecule has 4 heteroatoms. The van der Waals surface area contributed by atoms with E-state index in [-0.39, 0.29) is 10.8 Å². The summed E-state index contributed by atoms with van der Waals surface area (Å²) in [6, 6.07) is 6.58. The highest BCUT2D eigenvalue weighted by atomic mass is 35.5. The van der Waals surface area contributed by atoms with E-state index in [1.54, 1.807) is 6.07 Å². The summed E-state index contributed by atoms with van der Waals surface area (Å²) in [7, 11) is 0. The van der Waals surface area contributed by atoms with Crippen LogP contribution in [0.2, 0.25) is 5.02 Å². The molecular formula is C15H20ClFN2. The van der Waals surface area contributed by atoms with E-state index in [0.717, 1.165) is 24.9 Å². The average Bonchev–Trinajstić information content (AvgIpc) is 2.35. The van der Waals surface area contributed by atoms with Gasteiger partial charge < -0.3 is 5.73 Å². The Morgan fingerprint density at radius 2 is 1.95 bits per heavy atom. The number of nitrogens with zero attached hydrogens (tertiary/aromatic N) is 1. The minimum Gasteiger partial charge on any atom is -0.328 e. The molecule has 2 heterocycles. The number of rotatable bonds is 2. The number of hydrogen-bond donors (Lipinski definition) is 1. The first kappa shape index (κ1) is 13.3. The van der Waals surface area contributed by atoms with Crippen molar-refractivity contribution < 1.29 is 4.39 Å². The zero-order valence-corrected chi connectivity index (χ0v) is 11.7. The maximum atomic E-state index is 13.2. The molecule has 0 saturated carbocycles. The molecule has 2 aliphatic heterocycles. The molecule has 1 aromatic carbocycles. The highest BCUT2D eigenvalue weighted by molar-refractivity contribution is 6.30. The molecule has 2 fully saturated rings. The fourth-order valence-corrected chi connectivity index (χ4v) is 3.83. The smallest absolute Gasteiger partial charge is 0.141 e. The van der Waals surface area contributed by atoms with Gasteiger partial charge in [-0.05, 0) is 43.4 Å². The van der Waals surface area contributed by atoms with E-state index in [9.17, 15) is 4.39 Å². The van der Waals surface area contributed by atoms with Crippen LogP contribution in [0.1, 0.15) is 37.7 Å². The zero-order chi connectivity index (χ0) is 13.4. The quantitative estimate of drug-likeness (QED) is 0.902. The van der Waals surface area contributed by atoms with Crippen molar-refractivity contribution in [1.29, 1.82) is 0 Å². The first-order valence-corrected chi connectivity index (χ1v) is 7.46. The molecule has 0 aliphatic carbocycles. The monoisotopic (exact) mass is 282 g/mol. The number of benzene rings is 1. The van der Waals surface area contributed by atoms with E-state index >= 15 is 0 Å². The zero-order valence-electron chi connectivity index (χ0n) is 11.0. The lowest BCUT2D eigenvalue weighted by molar-refractivity contribution is 0.0245. The van der Waals surface area contributed by atoms with E-state index in [1.165, 1.54) is 25.3 Å². The van der Waals surface area contributed by atoms with Crippen LogP contribution in [0.4, 0.5) is 4.39 Å². The van der Waals surface area contributed by atoms with Crippen molar-refractivity contribution in [2.45, 2.75) is 56.8 Å². The van der Waals surface area contributed by atoms with Crippen LogP contribution in [0, 0.1) is 5.82 Å². The molecule has 2 aliphatic rings. The van der Waals surface area contributed by atoms with Gasteiger partial charge in [0.2, 0.25) is 0 Å². The molecule has 2 saturated heterocycles. The summed E-state index contributed by atoms with van der Waals surface area (Å²) in [6.07, 6.45) is 5.96. The lowest BCUT2D eigenvalue weighted by atomic mass is 9.82. The van der Waals surface area contributed by atoms with Crippen molar-refractivity contribution in [1.82, 2.24) is 4.90 Å². The van der Waals surface area contributed by atoms with Gasteiger partial charge in [-0.25, -0.2) is 4.39 Å². The third kappa shape index (κ3) is 2.78. The Kier molecular flexibility index (Phi) is 3.79. The molecule has 0 spiro atoms. The summed E-state index contributed by atoms with van der Waals surface area (Å²) in [5.74, 6) is -0.341. The number of piperidine rings is 2. The summed E-state index contributed by atoms with van der Waals surface area (Å²) in [6.45, 7) is 0.863. The Morgan fingerprint density at radius 3 is 2.58 bits per heavy atom. The fraction of sp³-hybridized carbons (Fsp3) is 0.600. The highest BCUT2D eigenvalue weighted by Gasteiger charge is 2.36. The van der Waals surface area contributed by atoms with Gasteiger partial charge in [-0.2, -0.15) is 0 Å². The molecular weight excluding hydrogens is 263 g/mol. The maximum Gasteiger partial charge on any atom is 0.141 e. The van der Waals surface area contributed by atoms with Gasteiger partial charge in [0.15, 0.2) is 0 Å². The number of fused-ring (bicyclic) bond motifs is 2. The van der Waals surface area contributed by atoms with Crippen LogP contribution in [0.3, 0.4) is 0 Å². The minimum absolute atomic E-state index is 0.219. The largest absolute Gasteiger partial charge is 0.328 e. The van der Waals surface area contributed by atoms with Crippen LogP contribution in [-0.2, 0) is 6.54 Å². The Labute approximate surface area is 118 Å². The molecule has 2 unspecified atom stereocenters. The Morgan fingerprint density at radius 1 is 1.26 bits per heavy atom. The van der Waals surface area contributed by atoms with Crippen LogP contribution in [-0.4, -0.2) is 23.0 Å². The van der Waals surface area contributed by atoms with E-state index in [4.69, 9.17) is 17.3 Å². The van der Waals surface area contributed by atoms with E-state index in [1.807, 2.05) is 6.07 Å². The molecule has 2 atom stereocenters. The molecule has 19 heavy (non-hydrogen) atoms. The van der Waals surface area contributed by atoms with E-state index in [0.29, 0.717) is 18.1 Å². The number of halogens is 2. The van der Waals surface area contributed by atoms with Crippen LogP contribution in [0.5, 0.6) is 0 Å². The molecule has 0 radical (unpaired) electrons. The molecule has 0 aromatic heterocycles. The van der Waals surface area contributed by atoms with Crippen molar-refractivity contribution in [3.63, 3.8) is 0 Å². The summed E-state index contributed by atoms with van der Waals surface area (Å²) < 4.78 is 13.2. The molecule has 1 aromatic rings. The SMILES string of the molecule is NC1CC2CCCC(C1)N2Cc1ccc(F)c(Cl)c1. The molecule has 0 amide bonds. The number of nitrogens with two attached hydrogens (primary N) is 1. The van der Waals surface area contributed by atoms with Crippen molar-refractivity contribution in [2.75, 3.05) is 0 Å². The van der Waals surface area contributed by atoms with Crippen molar-refractivity contribution in [2.24, 2.45) is 5.73 Å². The molecule has 2 bridgehead atoms. The molecule has 2 nitrogen and oxygen atoms in total. The summed E-state index contributed by atoms with van der Waals surface area (Å²) >= 11 is 5.86. The first-order chi connectivity index (χ1) is 9.13. The second-order valence-electron chi connectivity index (χ2n) is 5.89. The third-order valence-corrected chi connectivity index (χ3v) is 4.80. The van der Waals surface area contributed by atoms with Crippen LogP contribution in [0.15, 0.2) is 18.2 Å². The minimum atomic E-state index is -0.341. The topological polar surface area (TPSA) is 29.3 Å². The molecule has 3 rings (SSSR count). The Balaban J connectivity index is 1.76. The van der Waals surface area contributed by atoms with Crippen LogP contribution < -0.4 is 5.73 Å². The molecule has 2 N–H and O–H groups in total. The summed E-state index contributed by atoms with van der Waals surface area (Å²) in [5, 5.41) is 0.219. The first-order valence-electron chi connectivity index (χ1n) is 7.09. The maximum absolute atomic E-state index is 13.2. The second-order valence-corrected chi connectivity index (χ2v) is 6.30. The van der Waals surface area contributed by atoms with Crippen molar-refractivity contribution in [3.05, 3.63) is 34.6 Å². The van der Waals surface area contributed by atoms with E-state index in [2.05, 4.69) is 4.90 Å². The third-order valence-electron chi connectivity index (χ3n) is 4.51. The van der Waals surface area contributed by atoms with Gasteiger partial charge in [-0.3, -0.25) is 4.90 Å². The van der Waals surface area contributed by atoms with E-state index < -0.39 is 0 Å². The van der Waals surface area contributed by atoms with Gasteiger partial charge in [0, 0.05) is 24.7 Å². The number of hydrogen-bond acceptors (Lipinski definition) is 2. The van der Waals surface area contributed by atoms with Crippen LogP contribution in [0.25, 0.3) is 0 Å². The van der Waals surface area contributed by atoms with Gasteiger partial charge in [0.05, 0.1) is 5.02 Å². The van der Waals surface area contributed by atoms with Gasteiger partial charge in [0.1, 0.15) is 5.82 Å². The summed E-state index contributed by atoms with van der Waals surface area (Å²) in [4.78, 5) is 2.55. The lowest BCUT2D eigenvalue weighted by Crippen LogP contribution is -2.54. The van der Waals surface area contributed by atoms with Gasteiger partial charge in [0.25, 0.3) is 0 Å². The lowest BCUT2D eigenvalue weighted by Gasteiger charge is -2.48. The highest BCUT2D eigenvalue weighted by Crippen LogP contribution is 2.34. The predicted molar refractivity (Wildman–Crippen MR) is 75.6 cm³/mol. The summed E-state index contributed by atoms with van der Waals surface area (Å²) in [5.41, 5.74) is 7.22. The van der Waals surface area contributed by atoms with Crippen molar-refractivity contribution in [3.8, 4) is 0 Å². The van der Waals surface area contributed by atoms with Crippen LogP contribution >= 0.6 is 11.6 Å².